The van der Waals surface area contributed by atoms with Crippen LogP contribution >= 0.6 is 0 Å². The van der Waals surface area contributed by atoms with Crippen LogP contribution in [-0.2, 0) is 29.8 Å². The third kappa shape index (κ3) is 6.22. The molecule has 0 radical (unpaired) electrons. The highest BCUT2D eigenvalue weighted by Crippen LogP contribution is 2.29. The lowest BCUT2D eigenvalue weighted by molar-refractivity contribution is 0.0888. The Hall–Kier alpha value is -3.00. The Bertz CT molecular complexity index is 1230. The molecule has 13 heteroatoms. The van der Waals surface area contributed by atoms with Crippen LogP contribution in [0, 0.1) is 6.92 Å². The summed E-state index contributed by atoms with van der Waals surface area (Å²) in [5.74, 6) is 0.597. The first-order chi connectivity index (χ1) is 17.2. The van der Waals surface area contributed by atoms with Crippen LogP contribution in [-0.4, -0.2) is 85.0 Å². The predicted octanol–water partition coefficient (Wildman–Crippen LogP) is 1.97. The van der Waals surface area contributed by atoms with Crippen molar-refractivity contribution in [3.05, 3.63) is 47.8 Å². The molecule has 0 aliphatic heterocycles. The molecule has 0 aliphatic carbocycles. The first-order valence-electron chi connectivity index (χ1n) is 11.2. The fraction of sp³-hybridized carbons (Fsp3) is 0.522. The van der Waals surface area contributed by atoms with Crippen molar-refractivity contribution in [2.75, 3.05) is 41.7 Å². The van der Waals surface area contributed by atoms with Crippen molar-refractivity contribution in [3.8, 4) is 17.4 Å². The number of hydrogen-bond donors (Lipinski definition) is 0. The maximum Gasteiger partial charge on any atom is 0.213 e. The van der Waals surface area contributed by atoms with E-state index in [1.807, 2.05) is 0 Å². The molecule has 12 nitrogen and oxygen atoms in total. The van der Waals surface area contributed by atoms with E-state index in [2.05, 4.69) is 25.1 Å². The fourth-order valence-electron chi connectivity index (χ4n) is 3.82. The summed E-state index contributed by atoms with van der Waals surface area (Å²) in [6.45, 7) is 3.87. The van der Waals surface area contributed by atoms with Crippen LogP contribution in [0.1, 0.15) is 36.3 Å². The molecule has 0 fully saturated rings. The molecule has 0 saturated heterocycles. The van der Waals surface area contributed by atoms with E-state index in [-0.39, 0.29) is 19.0 Å². The van der Waals surface area contributed by atoms with Gasteiger partial charge < -0.3 is 23.5 Å². The molecule has 196 valence electrons. The zero-order valence-electron chi connectivity index (χ0n) is 21.3. The van der Waals surface area contributed by atoms with Gasteiger partial charge in [-0.1, -0.05) is 6.07 Å². The highest BCUT2D eigenvalue weighted by Gasteiger charge is 2.35. The Balaban J connectivity index is 2.03. The van der Waals surface area contributed by atoms with Crippen molar-refractivity contribution in [3.63, 3.8) is 0 Å². The van der Waals surface area contributed by atoms with Gasteiger partial charge in [0.2, 0.25) is 5.88 Å². The molecule has 3 rings (SSSR count). The molecule has 3 aromatic heterocycles. The summed E-state index contributed by atoms with van der Waals surface area (Å²) in [4.78, 5) is 13.0. The van der Waals surface area contributed by atoms with Gasteiger partial charge in [-0.15, -0.1) is 10.2 Å². The average Bonchev–Trinajstić information content (AvgIpc) is 3.28. The molecule has 0 aliphatic rings. The number of sulfone groups is 1. The molecule has 0 unspecified atom stereocenters. The van der Waals surface area contributed by atoms with Crippen LogP contribution in [0.3, 0.4) is 0 Å². The maximum atomic E-state index is 13.6. The number of aryl methyl sites for hydroxylation is 1. The quantitative estimate of drug-likeness (QED) is 0.327. The van der Waals surface area contributed by atoms with Crippen molar-refractivity contribution >= 4 is 9.84 Å². The molecule has 0 N–H and O–H groups in total. The van der Waals surface area contributed by atoms with E-state index in [4.69, 9.17) is 18.9 Å². The molecule has 3 aromatic rings. The highest BCUT2D eigenvalue weighted by atomic mass is 32.2. The van der Waals surface area contributed by atoms with E-state index < -0.39 is 33.0 Å². The Kier molecular flexibility index (Phi) is 9.43. The van der Waals surface area contributed by atoms with Crippen LogP contribution in [0.5, 0.6) is 5.88 Å². The summed E-state index contributed by atoms with van der Waals surface area (Å²) in [7, 11) is 2.28. The molecule has 0 aromatic carbocycles. The molecule has 36 heavy (non-hydrogen) atoms. The largest absolute Gasteiger partial charge is 0.481 e. The van der Waals surface area contributed by atoms with Gasteiger partial charge in [-0.25, -0.2) is 13.4 Å². The minimum Gasteiger partial charge on any atom is -0.481 e. The van der Waals surface area contributed by atoms with Crippen LogP contribution in [0.2, 0.25) is 0 Å². The lowest BCUT2D eigenvalue weighted by atomic mass is 10.2. The maximum absolute atomic E-state index is 13.6. The molecule has 2 atom stereocenters. The second-order valence-corrected chi connectivity index (χ2v) is 10.5. The van der Waals surface area contributed by atoms with Crippen LogP contribution in [0.4, 0.5) is 0 Å². The standard InChI is InChI=1S/C23H32N6O6S/c1-15-10-25-19(11-24-15)22(35-6)16(2)36(30,31)14-20-27-28-23(18-8-7-9-21(26-18)34-5)29(20)17(12-32-3)13-33-4/h7-11,16-17,22H,12-14H2,1-6H3/t16-,22-/m0/s1. The van der Waals surface area contributed by atoms with Gasteiger partial charge in [-0.2, -0.15) is 0 Å². The SMILES string of the molecule is COCC(COC)n1c(CS(=O)(=O)[C@@H](C)[C@H](OC)c2cnc(C)cn2)nnc1-c1cccc(OC)n1. The average molecular weight is 521 g/mol. The number of hydrogen-bond acceptors (Lipinski definition) is 11. The van der Waals surface area contributed by atoms with Gasteiger partial charge in [-0.05, 0) is 19.9 Å². The number of aromatic nitrogens is 6. The Labute approximate surface area is 210 Å². The van der Waals surface area contributed by atoms with Crippen LogP contribution in [0.15, 0.2) is 30.6 Å². The van der Waals surface area contributed by atoms with Crippen molar-refractivity contribution < 1.29 is 27.4 Å². The molecule has 3 heterocycles. The Morgan fingerprint density at radius 1 is 1.00 bits per heavy atom. The van der Waals surface area contributed by atoms with Crippen LogP contribution < -0.4 is 4.74 Å². The number of nitrogens with zero attached hydrogens (tertiary/aromatic N) is 6. The third-order valence-electron chi connectivity index (χ3n) is 5.68. The molecule has 0 saturated carbocycles. The monoisotopic (exact) mass is 520 g/mol. The van der Waals surface area contributed by atoms with E-state index in [9.17, 15) is 8.42 Å². The molecule has 0 bridgehead atoms. The van der Waals surface area contributed by atoms with Crippen molar-refractivity contribution in [2.45, 2.75) is 37.0 Å². The summed E-state index contributed by atoms with van der Waals surface area (Å²) in [6.07, 6.45) is 2.29. The molecular formula is C23H32N6O6S. The zero-order valence-corrected chi connectivity index (χ0v) is 22.1. The minimum absolute atomic E-state index is 0.227. The summed E-state index contributed by atoms with van der Waals surface area (Å²) in [5, 5.41) is 7.59. The minimum atomic E-state index is -3.79. The van der Waals surface area contributed by atoms with Gasteiger partial charge >= 0.3 is 0 Å². The van der Waals surface area contributed by atoms with Gasteiger partial charge in [0.15, 0.2) is 15.7 Å². The molecule has 0 amide bonds. The van der Waals surface area contributed by atoms with E-state index in [1.165, 1.54) is 20.4 Å². The topological polar surface area (TPSA) is 140 Å². The predicted molar refractivity (Wildman–Crippen MR) is 131 cm³/mol. The summed E-state index contributed by atoms with van der Waals surface area (Å²) < 4.78 is 50.4. The zero-order chi connectivity index (χ0) is 26.3. The number of methoxy groups -OCH3 is 4. The van der Waals surface area contributed by atoms with Crippen molar-refractivity contribution in [1.82, 2.24) is 29.7 Å². The lowest BCUT2D eigenvalue weighted by Gasteiger charge is -2.24. The lowest BCUT2D eigenvalue weighted by Crippen LogP contribution is -2.31. The number of rotatable bonds is 13. The molecular weight excluding hydrogens is 488 g/mol. The highest BCUT2D eigenvalue weighted by molar-refractivity contribution is 7.91. The fourth-order valence-corrected chi connectivity index (χ4v) is 5.26. The second kappa shape index (κ2) is 12.3. The van der Waals surface area contributed by atoms with E-state index in [0.717, 1.165) is 5.69 Å². The van der Waals surface area contributed by atoms with Crippen molar-refractivity contribution in [2.24, 2.45) is 0 Å². The van der Waals surface area contributed by atoms with Crippen molar-refractivity contribution in [1.29, 1.82) is 0 Å². The van der Waals surface area contributed by atoms with E-state index >= 15 is 0 Å². The Morgan fingerprint density at radius 3 is 2.31 bits per heavy atom. The first-order valence-corrected chi connectivity index (χ1v) is 12.9. The summed E-state index contributed by atoms with van der Waals surface area (Å²) in [6, 6.07) is 4.82. The van der Waals surface area contributed by atoms with Gasteiger partial charge in [-0.3, -0.25) is 9.97 Å². The number of pyridine rings is 1. The van der Waals surface area contributed by atoms with Gasteiger partial charge in [0.25, 0.3) is 0 Å². The van der Waals surface area contributed by atoms with Gasteiger partial charge in [0, 0.05) is 33.6 Å². The molecule has 0 spiro atoms. The summed E-state index contributed by atoms with van der Waals surface area (Å²) >= 11 is 0. The second-order valence-electron chi connectivity index (χ2n) is 8.19. The number of ether oxygens (including phenoxy) is 4. The normalized spacial score (nSPS) is 13.6. The van der Waals surface area contributed by atoms with Gasteiger partial charge in [0.1, 0.15) is 23.4 Å². The van der Waals surface area contributed by atoms with E-state index in [0.29, 0.717) is 23.1 Å². The Morgan fingerprint density at radius 2 is 1.72 bits per heavy atom. The smallest absolute Gasteiger partial charge is 0.213 e. The third-order valence-corrected chi connectivity index (χ3v) is 7.72. The summed E-state index contributed by atoms with van der Waals surface area (Å²) in [5.41, 5.74) is 1.62. The first kappa shape index (κ1) is 27.6. The van der Waals surface area contributed by atoms with Gasteiger partial charge in [0.05, 0.1) is 49.2 Å². The van der Waals surface area contributed by atoms with E-state index in [1.54, 1.807) is 57.0 Å². The van der Waals surface area contributed by atoms with Crippen LogP contribution in [0.25, 0.3) is 11.5 Å².